The van der Waals surface area contributed by atoms with Gasteiger partial charge in [0.2, 0.25) is 11.8 Å². The summed E-state index contributed by atoms with van der Waals surface area (Å²) < 4.78 is 0. The molecule has 1 atom stereocenters. The summed E-state index contributed by atoms with van der Waals surface area (Å²) in [6.07, 6.45) is 1.98. The summed E-state index contributed by atoms with van der Waals surface area (Å²) >= 11 is 0. The number of carbonyl (C=O) groups excluding carboxylic acids is 3. The molecule has 0 radical (unpaired) electrons. The van der Waals surface area contributed by atoms with Crippen molar-refractivity contribution in [2.45, 2.75) is 25.6 Å². The quantitative estimate of drug-likeness (QED) is 0.317. The molecule has 4 aromatic rings. The highest BCUT2D eigenvalue weighted by Gasteiger charge is 2.31. The third-order valence-corrected chi connectivity index (χ3v) is 7.38. The average molecular weight is 567 g/mol. The molecule has 0 bridgehead atoms. The van der Waals surface area contributed by atoms with Crippen LogP contribution in [0, 0.1) is 0 Å². The lowest BCUT2D eigenvalue weighted by Crippen LogP contribution is -2.53. The number of hydrogen-bond donors (Lipinski definition) is 3. The maximum absolute atomic E-state index is 14.0. The third kappa shape index (κ3) is 7.02. The Morgan fingerprint density at radius 3 is 2.50 bits per heavy atom. The van der Waals surface area contributed by atoms with Crippen molar-refractivity contribution in [1.29, 1.82) is 0 Å². The number of hydrazine groups is 1. The van der Waals surface area contributed by atoms with Crippen molar-refractivity contribution in [2.75, 3.05) is 26.7 Å². The number of aromatic nitrogens is 1. The minimum absolute atomic E-state index is 0.0966. The summed E-state index contributed by atoms with van der Waals surface area (Å²) in [5.41, 5.74) is 3.52. The molecule has 1 aliphatic heterocycles. The van der Waals surface area contributed by atoms with E-state index in [0.29, 0.717) is 13.1 Å². The van der Waals surface area contributed by atoms with Gasteiger partial charge in [-0.2, -0.15) is 0 Å². The summed E-state index contributed by atoms with van der Waals surface area (Å²) in [5.74, 6) is -0.472. The zero-order chi connectivity index (χ0) is 29.5. The molecule has 1 aromatic heterocycles. The molecular weight excluding hydrogens is 532 g/mol. The van der Waals surface area contributed by atoms with Gasteiger partial charge in [-0.25, -0.2) is 9.80 Å². The first-order valence-electron chi connectivity index (χ1n) is 13.9. The van der Waals surface area contributed by atoms with E-state index >= 15 is 0 Å². The third-order valence-electron chi connectivity index (χ3n) is 7.38. The van der Waals surface area contributed by atoms with E-state index < -0.39 is 6.04 Å². The van der Waals surface area contributed by atoms with Gasteiger partial charge >= 0.3 is 6.03 Å². The summed E-state index contributed by atoms with van der Waals surface area (Å²) in [6, 6.07) is 24.6. The Balaban J connectivity index is 1.38. The smallest absolute Gasteiger partial charge is 0.331 e. The number of fused-ring (bicyclic) bond motifs is 1. The average Bonchev–Trinajstić information content (AvgIpc) is 3.06. The van der Waals surface area contributed by atoms with E-state index in [1.807, 2.05) is 60.7 Å². The van der Waals surface area contributed by atoms with Crippen molar-refractivity contribution in [1.82, 2.24) is 30.5 Å². The number of nitrogens with one attached hydrogen (secondary N) is 2. The van der Waals surface area contributed by atoms with Gasteiger partial charge < -0.3 is 20.6 Å². The van der Waals surface area contributed by atoms with Gasteiger partial charge in [0.15, 0.2) is 0 Å². The SMILES string of the molecule is CN(C(=O)NCc1ccccc1)N1CCN(Cc2ccnc3ccccc23)C(=O)[C@H](Cc2ccc(O)cc2)NC(=O)C1. The van der Waals surface area contributed by atoms with Gasteiger partial charge in [0.05, 0.1) is 12.1 Å². The lowest BCUT2D eigenvalue weighted by atomic mass is 10.0. The van der Waals surface area contributed by atoms with Crippen molar-refractivity contribution < 1.29 is 19.5 Å². The van der Waals surface area contributed by atoms with Crippen molar-refractivity contribution in [3.63, 3.8) is 0 Å². The number of benzene rings is 3. The fourth-order valence-electron chi connectivity index (χ4n) is 5.05. The van der Waals surface area contributed by atoms with E-state index in [1.165, 1.54) is 5.01 Å². The summed E-state index contributed by atoms with van der Waals surface area (Å²) in [4.78, 5) is 46.5. The number of nitrogens with zero attached hydrogens (tertiary/aromatic N) is 4. The molecule has 4 amide bonds. The molecule has 42 heavy (non-hydrogen) atoms. The topological polar surface area (TPSA) is 118 Å². The van der Waals surface area contributed by atoms with Crippen LogP contribution in [-0.2, 0) is 29.1 Å². The summed E-state index contributed by atoms with van der Waals surface area (Å²) in [7, 11) is 1.61. The largest absolute Gasteiger partial charge is 0.508 e. The first-order chi connectivity index (χ1) is 20.4. The molecular formula is C32H34N6O4. The Labute approximate surface area is 244 Å². The van der Waals surface area contributed by atoms with Crippen LogP contribution in [0.1, 0.15) is 16.7 Å². The Morgan fingerprint density at radius 2 is 1.71 bits per heavy atom. The number of phenols is 1. The summed E-state index contributed by atoms with van der Waals surface area (Å²) in [6.45, 7) is 1.11. The van der Waals surface area contributed by atoms with Crippen LogP contribution in [0.25, 0.3) is 10.9 Å². The van der Waals surface area contributed by atoms with Gasteiger partial charge in [0.1, 0.15) is 11.8 Å². The van der Waals surface area contributed by atoms with E-state index in [9.17, 15) is 19.5 Å². The number of pyridine rings is 1. The number of amides is 4. The van der Waals surface area contributed by atoms with Gasteiger partial charge in [0, 0.05) is 51.2 Å². The second-order valence-corrected chi connectivity index (χ2v) is 10.3. The van der Waals surface area contributed by atoms with Crippen molar-refractivity contribution >= 4 is 28.7 Å². The van der Waals surface area contributed by atoms with E-state index in [1.54, 1.807) is 47.4 Å². The molecule has 1 aliphatic rings. The maximum atomic E-state index is 14.0. The molecule has 3 N–H and O–H groups in total. The fraction of sp³-hybridized carbons (Fsp3) is 0.250. The Kier molecular flexibility index (Phi) is 8.93. The van der Waals surface area contributed by atoms with Gasteiger partial charge in [-0.1, -0.05) is 60.7 Å². The number of rotatable bonds is 7. The number of aromatic hydroxyl groups is 1. The van der Waals surface area contributed by atoms with E-state index in [0.717, 1.165) is 27.6 Å². The van der Waals surface area contributed by atoms with Gasteiger partial charge in [-0.15, -0.1) is 0 Å². The lowest BCUT2D eigenvalue weighted by Gasteiger charge is -2.32. The summed E-state index contributed by atoms with van der Waals surface area (Å²) in [5, 5.41) is 19.5. The molecule has 0 unspecified atom stereocenters. The first-order valence-corrected chi connectivity index (χ1v) is 13.9. The number of carbonyl (C=O) groups is 3. The molecule has 10 heteroatoms. The van der Waals surface area contributed by atoms with Crippen LogP contribution >= 0.6 is 0 Å². The standard InChI is InChI=1S/C32H34N6O4/c1-36(32(42)34-20-24-7-3-2-4-8-24)38-18-17-37(21-25-15-16-33-28-10-6-5-9-27(25)28)31(41)29(35-30(40)22-38)19-23-11-13-26(39)14-12-23/h2-16,29,39H,17-22H2,1H3,(H,34,42)(H,35,40)/t29-/m0/s1. The second kappa shape index (κ2) is 13.1. The Hall–Kier alpha value is -4.96. The number of phenolic OH excluding ortho intramolecular Hbond substituents is 1. The zero-order valence-electron chi connectivity index (χ0n) is 23.4. The molecule has 0 saturated carbocycles. The van der Waals surface area contributed by atoms with Crippen LogP contribution in [0.4, 0.5) is 4.79 Å². The van der Waals surface area contributed by atoms with Crippen LogP contribution < -0.4 is 10.6 Å². The maximum Gasteiger partial charge on any atom is 0.331 e. The highest BCUT2D eigenvalue weighted by atomic mass is 16.3. The van der Waals surface area contributed by atoms with Crippen LogP contribution in [0.3, 0.4) is 0 Å². The molecule has 10 nitrogen and oxygen atoms in total. The second-order valence-electron chi connectivity index (χ2n) is 10.3. The first kappa shape index (κ1) is 28.6. The number of urea groups is 1. The van der Waals surface area contributed by atoms with Crippen molar-refractivity contribution in [3.05, 3.63) is 108 Å². The van der Waals surface area contributed by atoms with Crippen LogP contribution in [0.15, 0.2) is 91.1 Å². The van der Waals surface area contributed by atoms with Crippen LogP contribution in [0.5, 0.6) is 5.75 Å². The monoisotopic (exact) mass is 566 g/mol. The molecule has 216 valence electrons. The lowest BCUT2D eigenvalue weighted by molar-refractivity contribution is -0.136. The number of hydrogen-bond acceptors (Lipinski definition) is 6. The van der Waals surface area contributed by atoms with E-state index in [4.69, 9.17) is 0 Å². The normalized spacial score (nSPS) is 16.3. The molecule has 5 rings (SSSR count). The Bertz CT molecular complexity index is 1540. The molecule has 1 fully saturated rings. The predicted octanol–water partition coefficient (Wildman–Crippen LogP) is 3.07. The van der Waals surface area contributed by atoms with Crippen LogP contribution in [-0.4, -0.2) is 75.6 Å². The fourth-order valence-corrected chi connectivity index (χ4v) is 5.05. The predicted molar refractivity (Wildman–Crippen MR) is 159 cm³/mol. The Morgan fingerprint density at radius 1 is 0.976 bits per heavy atom. The minimum atomic E-state index is -0.827. The van der Waals surface area contributed by atoms with E-state index in [2.05, 4.69) is 15.6 Å². The minimum Gasteiger partial charge on any atom is -0.508 e. The van der Waals surface area contributed by atoms with E-state index in [-0.39, 0.29) is 49.7 Å². The number of para-hydroxylation sites is 1. The molecule has 1 saturated heterocycles. The van der Waals surface area contributed by atoms with Crippen molar-refractivity contribution in [2.24, 2.45) is 0 Å². The molecule has 2 heterocycles. The molecule has 0 spiro atoms. The highest BCUT2D eigenvalue weighted by molar-refractivity contribution is 5.89. The van der Waals surface area contributed by atoms with Gasteiger partial charge in [-0.05, 0) is 41.0 Å². The molecule has 0 aliphatic carbocycles. The zero-order valence-corrected chi connectivity index (χ0v) is 23.4. The molecule has 3 aromatic carbocycles. The van der Waals surface area contributed by atoms with Crippen LogP contribution in [0.2, 0.25) is 0 Å². The highest BCUT2D eigenvalue weighted by Crippen LogP contribution is 2.20. The van der Waals surface area contributed by atoms with Gasteiger partial charge in [0.25, 0.3) is 0 Å². The van der Waals surface area contributed by atoms with Gasteiger partial charge in [-0.3, -0.25) is 19.6 Å². The van der Waals surface area contributed by atoms with Crippen molar-refractivity contribution in [3.8, 4) is 5.75 Å².